The maximum atomic E-state index is 13.4. The number of piperidine rings is 1. The first-order valence-corrected chi connectivity index (χ1v) is 15.0. The fourth-order valence-electron chi connectivity index (χ4n) is 8.48. The first kappa shape index (κ1) is 26.8. The second-order valence-electron chi connectivity index (χ2n) is 12.2. The molecule has 2 heterocycles. The van der Waals surface area contributed by atoms with Gasteiger partial charge in [0.2, 0.25) is 0 Å². The third-order valence-corrected chi connectivity index (χ3v) is 10.2. The predicted molar refractivity (Wildman–Crippen MR) is 160 cm³/mol. The van der Waals surface area contributed by atoms with E-state index in [4.69, 9.17) is 9.47 Å². The number of hydrogen-bond acceptors (Lipinski definition) is 5. The SMILES string of the molecule is CC(=O)O[C@@]12CC[C@H](N(C)C(=O)C#Cc3ccccc3)[C@@H]3Oc4cccc5c4[C@@]31CCN(CCc1ccccc1)[C@@H]2C5. The molecule has 1 saturated carbocycles. The first-order chi connectivity index (χ1) is 20.4. The summed E-state index contributed by atoms with van der Waals surface area (Å²) < 4.78 is 13.4. The molecule has 1 spiro atoms. The van der Waals surface area contributed by atoms with Gasteiger partial charge >= 0.3 is 5.97 Å². The second-order valence-corrected chi connectivity index (χ2v) is 12.2. The summed E-state index contributed by atoms with van der Waals surface area (Å²) in [7, 11) is 1.84. The molecular formula is C36H36N2O4. The van der Waals surface area contributed by atoms with Gasteiger partial charge in [0.05, 0.1) is 17.5 Å². The summed E-state index contributed by atoms with van der Waals surface area (Å²) in [5.41, 5.74) is 3.32. The molecule has 0 unspecified atom stereocenters. The Morgan fingerprint density at radius 1 is 1.02 bits per heavy atom. The molecule has 6 heteroatoms. The van der Waals surface area contributed by atoms with Gasteiger partial charge in [0.15, 0.2) is 0 Å². The van der Waals surface area contributed by atoms with Crippen LogP contribution in [-0.4, -0.2) is 65.6 Å². The second kappa shape index (κ2) is 10.3. The lowest BCUT2D eigenvalue weighted by molar-refractivity contribution is -0.223. The monoisotopic (exact) mass is 560 g/mol. The van der Waals surface area contributed by atoms with Crippen LogP contribution in [0.3, 0.4) is 0 Å². The molecule has 0 radical (unpaired) electrons. The zero-order valence-electron chi connectivity index (χ0n) is 24.2. The molecule has 5 atom stereocenters. The van der Waals surface area contributed by atoms with Crippen LogP contribution < -0.4 is 4.74 Å². The average Bonchev–Trinajstić information content (AvgIpc) is 3.34. The number of ether oxygens (including phenoxy) is 2. The molecule has 1 amide bonds. The van der Waals surface area contributed by atoms with Gasteiger partial charge in [-0.1, -0.05) is 66.6 Å². The lowest BCUT2D eigenvalue weighted by Gasteiger charge is -2.65. The Morgan fingerprint density at radius 3 is 2.55 bits per heavy atom. The number of likely N-dealkylation sites (N-methyl/N-ethyl adjacent to an activating group) is 1. The van der Waals surface area contributed by atoms with Gasteiger partial charge < -0.3 is 14.4 Å². The van der Waals surface area contributed by atoms with Crippen LogP contribution in [-0.2, 0) is 32.6 Å². The molecule has 3 aromatic rings. The van der Waals surface area contributed by atoms with E-state index in [0.29, 0.717) is 12.8 Å². The van der Waals surface area contributed by atoms with E-state index in [1.807, 2.05) is 49.5 Å². The van der Waals surface area contributed by atoms with Crippen molar-refractivity contribution >= 4 is 11.9 Å². The zero-order valence-corrected chi connectivity index (χ0v) is 24.2. The number of nitrogens with zero attached hydrogens (tertiary/aromatic N) is 2. The Morgan fingerprint density at radius 2 is 1.79 bits per heavy atom. The molecule has 0 N–H and O–H groups in total. The molecule has 2 aliphatic heterocycles. The molecule has 2 bridgehead atoms. The highest BCUT2D eigenvalue weighted by Crippen LogP contribution is 2.65. The quantitative estimate of drug-likeness (QED) is 0.339. The van der Waals surface area contributed by atoms with Crippen molar-refractivity contribution in [1.82, 2.24) is 9.80 Å². The van der Waals surface area contributed by atoms with Gasteiger partial charge in [-0.25, -0.2) is 0 Å². The number of carbonyl (C=O) groups is 2. The third-order valence-electron chi connectivity index (χ3n) is 10.2. The van der Waals surface area contributed by atoms with Gasteiger partial charge in [0.1, 0.15) is 17.5 Å². The van der Waals surface area contributed by atoms with E-state index in [1.165, 1.54) is 23.6 Å². The first-order valence-electron chi connectivity index (χ1n) is 15.0. The fraction of sp³-hybridized carbons (Fsp3) is 0.389. The Balaban J connectivity index is 1.26. The van der Waals surface area contributed by atoms with E-state index in [0.717, 1.165) is 43.7 Å². The normalized spacial score (nSPS) is 28.5. The Hall–Kier alpha value is -4.08. The van der Waals surface area contributed by atoms with Crippen molar-refractivity contribution < 1.29 is 19.1 Å². The van der Waals surface area contributed by atoms with Gasteiger partial charge in [0, 0.05) is 37.6 Å². The highest BCUT2D eigenvalue weighted by Gasteiger charge is 2.75. The lowest BCUT2D eigenvalue weighted by Crippen LogP contribution is -2.79. The van der Waals surface area contributed by atoms with E-state index in [-0.39, 0.29) is 30.1 Å². The van der Waals surface area contributed by atoms with Crippen molar-refractivity contribution in [3.05, 3.63) is 101 Å². The standard InChI is InChI=1S/C36H36N2O4/c1-25(39)42-36-20-18-29(37(2)32(40)17-16-26-10-5-3-6-11-26)34-35(36)21-23-38(22-19-27-12-7-4-8-13-27)31(36)24-28-14-9-15-30(41-34)33(28)35/h3-15,29,31,34H,18-24H2,1-2H3/t29-,31+,34-,35-,36+/m0/s1. The smallest absolute Gasteiger partial charge is 0.303 e. The molecular weight excluding hydrogens is 524 g/mol. The number of amides is 1. The van der Waals surface area contributed by atoms with E-state index < -0.39 is 11.0 Å². The molecule has 6 nitrogen and oxygen atoms in total. The van der Waals surface area contributed by atoms with Crippen molar-refractivity contribution in [2.75, 3.05) is 20.1 Å². The van der Waals surface area contributed by atoms with Crippen molar-refractivity contribution in [2.24, 2.45) is 0 Å². The number of hydrogen-bond donors (Lipinski definition) is 0. The Labute approximate surface area is 247 Å². The van der Waals surface area contributed by atoms with Gasteiger partial charge in [0.25, 0.3) is 5.91 Å². The Bertz CT molecular complexity index is 1580. The maximum absolute atomic E-state index is 13.4. The summed E-state index contributed by atoms with van der Waals surface area (Å²) in [5, 5.41) is 0. The van der Waals surface area contributed by atoms with Gasteiger partial charge in [-0.05, 0) is 68.0 Å². The summed E-state index contributed by atoms with van der Waals surface area (Å²) >= 11 is 0. The number of carbonyl (C=O) groups excluding carboxylic acids is 2. The molecule has 3 aromatic carbocycles. The van der Waals surface area contributed by atoms with Crippen molar-refractivity contribution in [3.8, 4) is 17.6 Å². The molecule has 1 saturated heterocycles. The molecule has 42 heavy (non-hydrogen) atoms. The molecule has 4 aliphatic rings. The van der Waals surface area contributed by atoms with Gasteiger partial charge in [-0.2, -0.15) is 0 Å². The zero-order chi connectivity index (χ0) is 28.9. The molecule has 214 valence electrons. The maximum Gasteiger partial charge on any atom is 0.303 e. The third kappa shape index (κ3) is 4.06. The molecule has 2 fully saturated rings. The average molecular weight is 561 g/mol. The van der Waals surface area contributed by atoms with E-state index in [1.54, 1.807) is 4.90 Å². The van der Waals surface area contributed by atoms with E-state index >= 15 is 0 Å². The van der Waals surface area contributed by atoms with Crippen LogP contribution in [0.15, 0.2) is 78.9 Å². The van der Waals surface area contributed by atoms with E-state index in [9.17, 15) is 9.59 Å². The molecule has 7 rings (SSSR count). The summed E-state index contributed by atoms with van der Waals surface area (Å²) in [6.07, 6.45) is 3.56. The molecule has 0 aromatic heterocycles. The highest BCUT2D eigenvalue weighted by molar-refractivity contribution is 5.94. The number of rotatable bonds is 5. The van der Waals surface area contributed by atoms with Crippen LogP contribution in [0.5, 0.6) is 5.75 Å². The fourth-order valence-corrected chi connectivity index (χ4v) is 8.48. The summed E-state index contributed by atoms with van der Waals surface area (Å²) in [5.74, 6) is 6.26. The Kier molecular flexibility index (Phi) is 6.59. The van der Waals surface area contributed by atoms with Crippen LogP contribution in [0.25, 0.3) is 0 Å². The summed E-state index contributed by atoms with van der Waals surface area (Å²) in [6, 6.07) is 26.3. The minimum atomic E-state index is -0.728. The highest BCUT2D eigenvalue weighted by atomic mass is 16.6. The van der Waals surface area contributed by atoms with Crippen molar-refractivity contribution in [1.29, 1.82) is 0 Å². The largest absolute Gasteiger partial charge is 0.487 e. The summed E-state index contributed by atoms with van der Waals surface area (Å²) in [6.45, 7) is 3.31. The lowest BCUT2D eigenvalue weighted by atomic mass is 9.48. The number of esters is 1. The number of benzene rings is 3. The van der Waals surface area contributed by atoms with Crippen LogP contribution in [0, 0.1) is 11.8 Å². The minimum absolute atomic E-state index is 0.0330. The summed E-state index contributed by atoms with van der Waals surface area (Å²) in [4.78, 5) is 30.6. The van der Waals surface area contributed by atoms with Crippen LogP contribution in [0.2, 0.25) is 0 Å². The predicted octanol–water partition coefficient (Wildman–Crippen LogP) is 4.53. The molecule has 2 aliphatic carbocycles. The van der Waals surface area contributed by atoms with Gasteiger partial charge in [-0.3, -0.25) is 14.5 Å². The minimum Gasteiger partial charge on any atom is -0.487 e. The van der Waals surface area contributed by atoms with Crippen molar-refractivity contribution in [3.63, 3.8) is 0 Å². The number of likely N-dealkylation sites (tertiary alicyclic amines) is 1. The van der Waals surface area contributed by atoms with Crippen LogP contribution >= 0.6 is 0 Å². The van der Waals surface area contributed by atoms with Crippen LogP contribution in [0.1, 0.15) is 48.4 Å². The van der Waals surface area contributed by atoms with Crippen molar-refractivity contribution in [2.45, 2.75) is 68.2 Å². The van der Waals surface area contributed by atoms with E-state index in [2.05, 4.69) is 53.1 Å². The van der Waals surface area contributed by atoms with Gasteiger partial charge in [-0.15, -0.1) is 0 Å². The van der Waals surface area contributed by atoms with Crippen LogP contribution in [0.4, 0.5) is 0 Å². The topological polar surface area (TPSA) is 59.1 Å².